The van der Waals surface area contributed by atoms with Crippen molar-refractivity contribution in [2.24, 2.45) is 5.92 Å². The Morgan fingerprint density at radius 1 is 1.16 bits per heavy atom. The van der Waals surface area contributed by atoms with E-state index in [1.54, 1.807) is 13.0 Å². The molecule has 0 amide bonds. The lowest BCUT2D eigenvalue weighted by molar-refractivity contribution is -0.384. The van der Waals surface area contributed by atoms with Crippen molar-refractivity contribution in [1.82, 2.24) is 0 Å². The summed E-state index contributed by atoms with van der Waals surface area (Å²) < 4.78 is 30.0. The Balaban J connectivity index is 1.85. The topological polar surface area (TPSA) is 116 Å². The Labute approximate surface area is 183 Å². The molecule has 9 heteroatoms. The van der Waals surface area contributed by atoms with Gasteiger partial charge in [-0.05, 0) is 43.0 Å². The molecule has 1 aliphatic heterocycles. The van der Waals surface area contributed by atoms with Crippen LogP contribution in [0.25, 0.3) is 0 Å². The first-order valence-electron chi connectivity index (χ1n) is 10.6. The number of piperidine rings is 1. The van der Waals surface area contributed by atoms with E-state index in [2.05, 4.69) is 6.92 Å². The first-order valence-corrected chi connectivity index (χ1v) is 12.2. The van der Waals surface area contributed by atoms with E-state index < -0.39 is 9.84 Å². The van der Waals surface area contributed by atoms with Crippen molar-refractivity contribution < 1.29 is 18.1 Å². The maximum Gasteiger partial charge on any atom is 0.292 e. The number of nitrogen functional groups attached to an aromatic ring is 1. The monoisotopic (exact) mass is 447 g/mol. The molecule has 1 fully saturated rings. The van der Waals surface area contributed by atoms with E-state index in [1.165, 1.54) is 36.8 Å². The normalized spacial score (nSPS) is 15.1. The molecule has 0 saturated carbocycles. The Morgan fingerprint density at radius 3 is 2.45 bits per heavy atom. The highest BCUT2D eigenvalue weighted by Crippen LogP contribution is 2.38. The molecule has 31 heavy (non-hydrogen) atoms. The van der Waals surface area contributed by atoms with Crippen LogP contribution in [0.15, 0.2) is 41.3 Å². The summed E-state index contributed by atoms with van der Waals surface area (Å²) in [7, 11) is -3.37. The number of benzene rings is 2. The van der Waals surface area contributed by atoms with Crippen molar-refractivity contribution in [3.8, 4) is 11.5 Å². The molecule has 8 nitrogen and oxygen atoms in total. The van der Waals surface area contributed by atoms with E-state index in [0.717, 1.165) is 32.4 Å². The molecular weight excluding hydrogens is 418 g/mol. The van der Waals surface area contributed by atoms with Gasteiger partial charge in [0.05, 0.1) is 21.3 Å². The lowest BCUT2D eigenvalue weighted by Gasteiger charge is -2.33. The zero-order chi connectivity index (χ0) is 22.6. The van der Waals surface area contributed by atoms with Crippen LogP contribution in [-0.4, -0.2) is 32.2 Å². The van der Waals surface area contributed by atoms with E-state index in [1.807, 2.05) is 4.90 Å². The van der Waals surface area contributed by atoms with Crippen LogP contribution in [0.1, 0.15) is 39.5 Å². The van der Waals surface area contributed by atoms with Crippen molar-refractivity contribution in [2.75, 3.05) is 29.5 Å². The average Bonchev–Trinajstić information content (AvgIpc) is 2.75. The molecule has 2 aromatic carbocycles. The molecule has 0 aromatic heterocycles. The van der Waals surface area contributed by atoms with Gasteiger partial charge in [-0.15, -0.1) is 0 Å². The summed E-state index contributed by atoms with van der Waals surface area (Å²) in [5.41, 5.74) is 6.77. The molecule has 1 saturated heterocycles. The minimum atomic E-state index is -3.37. The Kier molecular flexibility index (Phi) is 7.04. The predicted molar refractivity (Wildman–Crippen MR) is 122 cm³/mol. The summed E-state index contributed by atoms with van der Waals surface area (Å²) in [6, 6.07) is 8.97. The Bertz CT molecular complexity index is 1050. The molecule has 0 spiro atoms. The van der Waals surface area contributed by atoms with Gasteiger partial charge in [0.1, 0.15) is 17.2 Å². The fourth-order valence-corrected chi connectivity index (χ4v) is 4.87. The molecule has 2 aromatic rings. The van der Waals surface area contributed by atoms with Crippen LogP contribution in [0.5, 0.6) is 11.5 Å². The summed E-state index contributed by atoms with van der Waals surface area (Å²) in [4.78, 5) is 13.4. The maximum absolute atomic E-state index is 12.0. The van der Waals surface area contributed by atoms with E-state index in [-0.39, 0.29) is 26.9 Å². The minimum Gasteiger partial charge on any atom is -0.455 e. The number of rotatable bonds is 8. The van der Waals surface area contributed by atoms with Crippen LogP contribution in [0, 0.1) is 16.0 Å². The van der Waals surface area contributed by atoms with Gasteiger partial charge in [0.15, 0.2) is 9.84 Å². The smallest absolute Gasteiger partial charge is 0.292 e. The lowest BCUT2D eigenvalue weighted by atomic mass is 9.92. The number of sulfone groups is 1. The highest BCUT2D eigenvalue weighted by atomic mass is 32.2. The Hall–Kier alpha value is -2.81. The van der Waals surface area contributed by atoms with Crippen molar-refractivity contribution in [1.29, 1.82) is 0 Å². The van der Waals surface area contributed by atoms with Gasteiger partial charge in [0.2, 0.25) is 0 Å². The molecule has 0 unspecified atom stereocenters. The summed E-state index contributed by atoms with van der Waals surface area (Å²) >= 11 is 0. The molecule has 0 atom stereocenters. The SMILES string of the molecule is CCCC1CCN(c2cc(Oc3ccc(S(=O)(=O)CC)cc3N)ccc2[N+](=O)[O-])CC1. The number of nitrogens with zero attached hydrogens (tertiary/aromatic N) is 2. The number of nitrogens with two attached hydrogens (primary N) is 1. The molecule has 1 heterocycles. The van der Waals surface area contributed by atoms with Gasteiger partial charge in [-0.25, -0.2) is 8.42 Å². The zero-order valence-corrected chi connectivity index (χ0v) is 18.7. The van der Waals surface area contributed by atoms with Gasteiger partial charge in [0, 0.05) is 25.2 Å². The van der Waals surface area contributed by atoms with Gasteiger partial charge in [0.25, 0.3) is 5.69 Å². The van der Waals surface area contributed by atoms with Gasteiger partial charge in [-0.1, -0.05) is 26.7 Å². The number of nitro benzene ring substituents is 1. The number of nitro groups is 1. The molecule has 3 rings (SSSR count). The van der Waals surface area contributed by atoms with E-state index in [0.29, 0.717) is 23.1 Å². The minimum absolute atomic E-state index is 0.0205. The number of hydrogen-bond acceptors (Lipinski definition) is 7. The quantitative estimate of drug-likeness (QED) is 0.352. The number of anilines is 2. The summed E-state index contributed by atoms with van der Waals surface area (Å²) in [6.07, 6.45) is 4.35. The summed E-state index contributed by atoms with van der Waals surface area (Å²) in [6.45, 7) is 5.27. The lowest BCUT2D eigenvalue weighted by Crippen LogP contribution is -2.34. The second-order valence-corrected chi connectivity index (χ2v) is 10.1. The van der Waals surface area contributed by atoms with Crippen LogP contribution in [0.3, 0.4) is 0 Å². The third kappa shape index (κ3) is 5.28. The maximum atomic E-state index is 12.0. The van der Waals surface area contributed by atoms with Crippen LogP contribution < -0.4 is 15.4 Å². The molecule has 0 radical (unpaired) electrons. The molecule has 0 aliphatic carbocycles. The molecule has 0 bridgehead atoms. The largest absolute Gasteiger partial charge is 0.455 e. The van der Waals surface area contributed by atoms with Crippen molar-refractivity contribution in [3.63, 3.8) is 0 Å². The van der Waals surface area contributed by atoms with Gasteiger partial charge >= 0.3 is 0 Å². The Morgan fingerprint density at radius 2 is 1.87 bits per heavy atom. The molecule has 168 valence electrons. The van der Waals surface area contributed by atoms with Crippen LogP contribution >= 0.6 is 0 Å². The number of hydrogen-bond donors (Lipinski definition) is 1. The molecular formula is C22H29N3O5S. The van der Waals surface area contributed by atoms with Crippen molar-refractivity contribution in [3.05, 3.63) is 46.5 Å². The fraction of sp³-hybridized carbons (Fsp3) is 0.455. The van der Waals surface area contributed by atoms with Gasteiger partial charge < -0.3 is 15.4 Å². The van der Waals surface area contributed by atoms with Crippen LogP contribution in [-0.2, 0) is 9.84 Å². The fourth-order valence-electron chi connectivity index (χ4n) is 3.95. The van der Waals surface area contributed by atoms with Crippen molar-refractivity contribution in [2.45, 2.75) is 44.4 Å². The summed E-state index contributed by atoms with van der Waals surface area (Å²) in [5, 5.41) is 11.6. The van der Waals surface area contributed by atoms with Gasteiger partial charge in [-0.3, -0.25) is 10.1 Å². The summed E-state index contributed by atoms with van der Waals surface area (Å²) in [5.74, 6) is 1.36. The second kappa shape index (κ2) is 9.55. The van der Waals surface area contributed by atoms with E-state index >= 15 is 0 Å². The third-order valence-electron chi connectivity index (χ3n) is 5.74. The van der Waals surface area contributed by atoms with Gasteiger partial charge in [-0.2, -0.15) is 0 Å². The van der Waals surface area contributed by atoms with E-state index in [9.17, 15) is 18.5 Å². The third-order valence-corrected chi connectivity index (χ3v) is 7.48. The first kappa shape index (κ1) is 22.9. The number of ether oxygens (including phenoxy) is 1. The highest BCUT2D eigenvalue weighted by molar-refractivity contribution is 7.91. The second-order valence-electron chi connectivity index (χ2n) is 7.83. The average molecular weight is 448 g/mol. The zero-order valence-electron chi connectivity index (χ0n) is 17.9. The first-order chi connectivity index (χ1) is 14.7. The predicted octanol–water partition coefficient (Wildman–Crippen LogP) is 4.78. The van der Waals surface area contributed by atoms with E-state index in [4.69, 9.17) is 10.5 Å². The molecule has 1 aliphatic rings. The van der Waals surface area contributed by atoms with Crippen LogP contribution in [0.2, 0.25) is 0 Å². The highest BCUT2D eigenvalue weighted by Gasteiger charge is 2.25. The van der Waals surface area contributed by atoms with Crippen molar-refractivity contribution >= 4 is 26.9 Å². The standard InChI is InChI=1S/C22H29N3O5S/c1-3-5-16-10-12-24(13-11-16)21-14-17(6-8-20(21)25(26)27)30-22-9-7-18(15-19(22)23)31(28,29)4-2/h6-9,14-16H,3-5,10-13,23H2,1-2H3. The van der Waals surface area contributed by atoms with Crippen LogP contribution in [0.4, 0.5) is 17.1 Å². The molecule has 2 N–H and O–H groups in total.